The van der Waals surface area contributed by atoms with Crippen LogP contribution >= 0.6 is 0 Å². The summed E-state index contributed by atoms with van der Waals surface area (Å²) in [4.78, 5) is 14.8. The van der Waals surface area contributed by atoms with Crippen molar-refractivity contribution in [3.05, 3.63) is 53.9 Å². The first kappa shape index (κ1) is 13.3. The number of benzene rings is 1. The van der Waals surface area contributed by atoms with Crippen molar-refractivity contribution in [2.75, 3.05) is 0 Å². The second kappa shape index (κ2) is 5.65. The molecular weight excluding hydrogens is 238 g/mol. The van der Waals surface area contributed by atoms with E-state index in [2.05, 4.69) is 31.0 Å². The summed E-state index contributed by atoms with van der Waals surface area (Å²) < 4.78 is 0. The summed E-state index contributed by atoms with van der Waals surface area (Å²) in [5.74, 6) is -0.374. The third-order valence-corrected chi connectivity index (χ3v) is 3.04. The van der Waals surface area contributed by atoms with E-state index in [4.69, 9.17) is 5.11 Å². The highest BCUT2D eigenvalue weighted by Gasteiger charge is 2.05. The molecule has 0 saturated heterocycles. The molecule has 0 spiro atoms. The molecule has 0 atom stereocenters. The molecule has 3 nitrogen and oxygen atoms in total. The van der Waals surface area contributed by atoms with Gasteiger partial charge in [-0.1, -0.05) is 44.2 Å². The van der Waals surface area contributed by atoms with Gasteiger partial charge in [-0.05, 0) is 23.1 Å². The first-order chi connectivity index (χ1) is 9.06. The van der Waals surface area contributed by atoms with Gasteiger partial charge in [0.15, 0.2) is 0 Å². The van der Waals surface area contributed by atoms with E-state index in [0.29, 0.717) is 11.6 Å². The molecule has 1 heterocycles. The number of hydrogen-bond donors (Lipinski definition) is 1. The zero-order chi connectivity index (χ0) is 13.8. The average molecular weight is 255 g/mol. The molecule has 1 N–H and O–H groups in total. The molecule has 1 aromatic carbocycles. The molecule has 0 radical (unpaired) electrons. The second-order valence-electron chi connectivity index (χ2n) is 4.89. The van der Waals surface area contributed by atoms with E-state index in [1.807, 2.05) is 18.2 Å². The highest BCUT2D eigenvalue weighted by atomic mass is 16.4. The second-order valence-corrected chi connectivity index (χ2v) is 4.89. The predicted molar refractivity (Wildman–Crippen MR) is 75.1 cm³/mol. The number of hydrogen-bond acceptors (Lipinski definition) is 2. The monoisotopic (exact) mass is 255 g/mol. The van der Waals surface area contributed by atoms with E-state index >= 15 is 0 Å². The lowest BCUT2D eigenvalue weighted by atomic mass is 9.98. The number of aliphatic carboxylic acids is 1. The van der Waals surface area contributed by atoms with Crippen LogP contribution in [0.25, 0.3) is 11.1 Å². The van der Waals surface area contributed by atoms with Crippen LogP contribution in [0.15, 0.2) is 42.6 Å². The van der Waals surface area contributed by atoms with Crippen LogP contribution in [0.1, 0.15) is 31.0 Å². The van der Waals surface area contributed by atoms with Crippen molar-refractivity contribution >= 4 is 5.97 Å². The number of rotatable bonds is 4. The number of nitrogens with zero attached hydrogens (tertiary/aromatic N) is 1. The number of pyridine rings is 1. The lowest BCUT2D eigenvalue weighted by Crippen LogP contribution is -2.01. The van der Waals surface area contributed by atoms with Crippen molar-refractivity contribution in [3.8, 4) is 11.1 Å². The molecule has 0 amide bonds. The fraction of sp³-hybridized carbons (Fsp3) is 0.250. The van der Waals surface area contributed by atoms with Crippen LogP contribution in [-0.2, 0) is 11.2 Å². The molecule has 98 valence electrons. The van der Waals surface area contributed by atoms with Gasteiger partial charge in [-0.25, -0.2) is 0 Å². The van der Waals surface area contributed by atoms with E-state index in [-0.39, 0.29) is 6.42 Å². The molecular formula is C16H17NO2. The minimum absolute atomic E-state index is 0.0354. The summed E-state index contributed by atoms with van der Waals surface area (Å²) in [6.45, 7) is 4.32. The summed E-state index contributed by atoms with van der Waals surface area (Å²) in [6.07, 6.45) is 1.70. The Labute approximate surface area is 112 Å². The van der Waals surface area contributed by atoms with Crippen LogP contribution in [0.4, 0.5) is 0 Å². The van der Waals surface area contributed by atoms with Gasteiger partial charge < -0.3 is 5.11 Å². The summed E-state index contributed by atoms with van der Waals surface area (Å²) in [6, 6.07) is 12.0. The lowest BCUT2D eigenvalue weighted by Gasteiger charge is -2.08. The van der Waals surface area contributed by atoms with Gasteiger partial charge in [0.2, 0.25) is 0 Å². The van der Waals surface area contributed by atoms with Gasteiger partial charge >= 0.3 is 5.97 Å². The Bertz CT molecular complexity index is 574. The van der Waals surface area contributed by atoms with Crippen molar-refractivity contribution < 1.29 is 9.90 Å². The zero-order valence-corrected chi connectivity index (χ0v) is 11.1. The lowest BCUT2D eigenvalue weighted by molar-refractivity contribution is -0.136. The van der Waals surface area contributed by atoms with Gasteiger partial charge in [0, 0.05) is 11.8 Å². The smallest absolute Gasteiger partial charge is 0.309 e. The van der Waals surface area contributed by atoms with E-state index in [1.165, 1.54) is 5.56 Å². The highest BCUT2D eigenvalue weighted by Crippen LogP contribution is 2.23. The van der Waals surface area contributed by atoms with Crippen LogP contribution in [0.5, 0.6) is 0 Å². The highest BCUT2D eigenvalue weighted by molar-refractivity contribution is 5.70. The Morgan fingerprint density at radius 1 is 1.21 bits per heavy atom. The fourth-order valence-corrected chi connectivity index (χ4v) is 1.93. The van der Waals surface area contributed by atoms with Gasteiger partial charge in [-0.2, -0.15) is 0 Å². The number of aromatic nitrogens is 1. The van der Waals surface area contributed by atoms with Crippen LogP contribution < -0.4 is 0 Å². The van der Waals surface area contributed by atoms with E-state index in [0.717, 1.165) is 11.1 Å². The number of carboxylic acids is 1. The Morgan fingerprint density at radius 3 is 2.58 bits per heavy atom. The van der Waals surface area contributed by atoms with Gasteiger partial charge in [0.05, 0.1) is 12.1 Å². The van der Waals surface area contributed by atoms with E-state index < -0.39 is 5.97 Å². The summed E-state index contributed by atoms with van der Waals surface area (Å²) in [5, 5.41) is 8.71. The Balaban J connectivity index is 2.26. The number of carbonyl (C=O) groups is 1. The largest absolute Gasteiger partial charge is 0.481 e. The Hall–Kier alpha value is -2.16. The Kier molecular flexibility index (Phi) is 3.95. The van der Waals surface area contributed by atoms with E-state index in [1.54, 1.807) is 12.3 Å². The Morgan fingerprint density at radius 2 is 2.00 bits per heavy atom. The van der Waals surface area contributed by atoms with Crippen LogP contribution in [0.3, 0.4) is 0 Å². The van der Waals surface area contributed by atoms with Crippen molar-refractivity contribution in [1.29, 1.82) is 0 Å². The van der Waals surface area contributed by atoms with Gasteiger partial charge in [-0.15, -0.1) is 0 Å². The predicted octanol–water partition coefficient (Wildman–Crippen LogP) is 3.50. The fourth-order valence-electron chi connectivity index (χ4n) is 1.93. The van der Waals surface area contributed by atoms with Crippen molar-refractivity contribution in [3.63, 3.8) is 0 Å². The molecule has 19 heavy (non-hydrogen) atoms. The molecule has 0 saturated carbocycles. The first-order valence-electron chi connectivity index (χ1n) is 6.33. The van der Waals surface area contributed by atoms with E-state index in [9.17, 15) is 4.79 Å². The molecule has 0 unspecified atom stereocenters. The normalized spacial score (nSPS) is 10.7. The third kappa shape index (κ3) is 3.41. The minimum atomic E-state index is -0.859. The van der Waals surface area contributed by atoms with Crippen molar-refractivity contribution in [2.45, 2.75) is 26.2 Å². The molecule has 3 heteroatoms. The molecule has 2 aromatic rings. The van der Waals surface area contributed by atoms with Crippen molar-refractivity contribution in [2.24, 2.45) is 0 Å². The van der Waals surface area contributed by atoms with Gasteiger partial charge in [0.25, 0.3) is 0 Å². The van der Waals surface area contributed by atoms with Crippen LogP contribution in [-0.4, -0.2) is 16.1 Å². The molecule has 0 fully saturated rings. The summed E-state index contributed by atoms with van der Waals surface area (Å²) >= 11 is 0. The maximum atomic E-state index is 10.6. The SMILES string of the molecule is CC(C)c1cccc(-c2ccc(CC(=O)O)nc2)c1. The zero-order valence-electron chi connectivity index (χ0n) is 11.1. The standard InChI is InChI=1S/C16H17NO2/c1-11(2)12-4-3-5-13(8-12)14-6-7-15(17-10-14)9-16(18)19/h3-8,10-11H,9H2,1-2H3,(H,18,19). The molecule has 0 aliphatic carbocycles. The number of carboxylic acid groups (broad SMARTS) is 1. The summed E-state index contributed by atoms with van der Waals surface area (Å²) in [7, 11) is 0. The molecule has 0 aliphatic heterocycles. The maximum Gasteiger partial charge on any atom is 0.309 e. The molecule has 1 aromatic heterocycles. The molecule has 0 bridgehead atoms. The first-order valence-corrected chi connectivity index (χ1v) is 6.33. The van der Waals surface area contributed by atoms with Crippen molar-refractivity contribution in [1.82, 2.24) is 4.98 Å². The molecule has 0 aliphatic rings. The topological polar surface area (TPSA) is 50.2 Å². The van der Waals surface area contributed by atoms with Gasteiger partial charge in [0.1, 0.15) is 0 Å². The van der Waals surface area contributed by atoms with Crippen LogP contribution in [0.2, 0.25) is 0 Å². The third-order valence-electron chi connectivity index (χ3n) is 3.04. The van der Waals surface area contributed by atoms with Gasteiger partial charge in [-0.3, -0.25) is 9.78 Å². The minimum Gasteiger partial charge on any atom is -0.481 e. The summed E-state index contributed by atoms with van der Waals surface area (Å²) in [5.41, 5.74) is 3.99. The quantitative estimate of drug-likeness (QED) is 0.909. The maximum absolute atomic E-state index is 10.6. The van der Waals surface area contributed by atoms with Crippen LogP contribution in [0, 0.1) is 0 Å². The molecule has 2 rings (SSSR count). The average Bonchev–Trinajstić information content (AvgIpc) is 2.39.